The molecule has 0 saturated carbocycles. The third-order valence-electron chi connectivity index (χ3n) is 3.13. The molecule has 22 heavy (non-hydrogen) atoms. The highest BCUT2D eigenvalue weighted by Crippen LogP contribution is 2.19. The first-order chi connectivity index (χ1) is 10.3. The third kappa shape index (κ3) is 2.53. The van der Waals surface area contributed by atoms with Crippen molar-refractivity contribution in [3.05, 3.63) is 56.2 Å². The zero-order valence-corrected chi connectivity index (χ0v) is 11.8. The molecule has 1 heterocycles. The number of nitrogens with zero attached hydrogens (tertiary/aromatic N) is 3. The number of aromatic nitrogens is 2. The maximum atomic E-state index is 12.0. The number of aromatic hydroxyl groups is 1. The summed E-state index contributed by atoms with van der Waals surface area (Å²) < 4.78 is 1.72. The van der Waals surface area contributed by atoms with Crippen molar-refractivity contribution in [3.63, 3.8) is 0 Å². The van der Waals surface area contributed by atoms with Gasteiger partial charge in [-0.1, -0.05) is 12.1 Å². The van der Waals surface area contributed by atoms with Crippen LogP contribution in [0, 0.1) is 0 Å². The third-order valence-corrected chi connectivity index (χ3v) is 3.13. The number of aliphatic imine (C=N–C) groups is 1. The van der Waals surface area contributed by atoms with Crippen molar-refractivity contribution < 1.29 is 15.0 Å². The minimum Gasteiger partial charge on any atom is -0.494 e. The topological polar surface area (TPSA) is 114 Å². The van der Waals surface area contributed by atoms with Crippen molar-refractivity contribution in [3.8, 4) is 5.88 Å². The molecule has 0 aliphatic heterocycles. The highest BCUT2D eigenvalue weighted by Gasteiger charge is 2.13. The highest BCUT2D eigenvalue weighted by atomic mass is 16.4. The summed E-state index contributed by atoms with van der Waals surface area (Å²) >= 11 is 0. The van der Waals surface area contributed by atoms with E-state index in [1.54, 1.807) is 12.1 Å². The van der Waals surface area contributed by atoms with Crippen LogP contribution in [0.3, 0.4) is 0 Å². The molecule has 0 aliphatic carbocycles. The molecule has 0 fully saturated rings. The summed E-state index contributed by atoms with van der Waals surface area (Å²) in [5.74, 6) is -1.70. The fourth-order valence-electron chi connectivity index (χ4n) is 1.87. The number of hydrogen-bond acceptors (Lipinski definition) is 5. The lowest BCUT2D eigenvalue weighted by molar-refractivity contribution is 0.0698. The summed E-state index contributed by atoms with van der Waals surface area (Å²) in [7, 11) is 2.58. The molecular formula is C14H13N3O5. The molecule has 0 atom stereocenters. The molecule has 0 aliphatic rings. The van der Waals surface area contributed by atoms with Gasteiger partial charge in [0.1, 0.15) is 5.56 Å². The van der Waals surface area contributed by atoms with Crippen molar-refractivity contribution in [2.75, 3.05) is 0 Å². The Labute approximate surface area is 124 Å². The van der Waals surface area contributed by atoms with Crippen LogP contribution in [0.4, 0.5) is 5.69 Å². The molecular weight excluding hydrogens is 290 g/mol. The second-order valence-corrected chi connectivity index (χ2v) is 4.52. The van der Waals surface area contributed by atoms with Gasteiger partial charge in [-0.25, -0.2) is 9.59 Å². The Kier molecular flexibility index (Phi) is 3.93. The Morgan fingerprint density at radius 2 is 1.82 bits per heavy atom. The van der Waals surface area contributed by atoms with Gasteiger partial charge >= 0.3 is 11.7 Å². The van der Waals surface area contributed by atoms with Gasteiger partial charge in [-0.3, -0.25) is 18.9 Å². The van der Waals surface area contributed by atoms with Gasteiger partial charge in [0.2, 0.25) is 5.88 Å². The van der Waals surface area contributed by atoms with Crippen molar-refractivity contribution in [1.29, 1.82) is 0 Å². The standard InChI is InChI=1S/C14H13N3O5/c1-16-11(18)9(12(19)17(2)14(16)22)7-15-10-6-4-3-5-8(10)13(20)21/h3-7,18H,1-2H3,(H,20,21). The monoisotopic (exact) mass is 303 g/mol. The van der Waals surface area contributed by atoms with Crippen LogP contribution in [0.2, 0.25) is 0 Å². The SMILES string of the molecule is Cn1c(O)c(C=Nc2ccccc2C(=O)O)c(=O)n(C)c1=O. The number of hydrogen-bond donors (Lipinski definition) is 2. The quantitative estimate of drug-likeness (QED) is 0.788. The van der Waals surface area contributed by atoms with Crippen LogP contribution >= 0.6 is 0 Å². The van der Waals surface area contributed by atoms with Gasteiger partial charge in [-0.05, 0) is 12.1 Å². The largest absolute Gasteiger partial charge is 0.494 e. The van der Waals surface area contributed by atoms with Gasteiger partial charge in [-0.2, -0.15) is 0 Å². The zero-order valence-electron chi connectivity index (χ0n) is 11.8. The average molecular weight is 303 g/mol. The van der Waals surface area contributed by atoms with E-state index in [4.69, 9.17) is 5.11 Å². The van der Waals surface area contributed by atoms with E-state index in [0.717, 1.165) is 15.3 Å². The molecule has 0 spiro atoms. The number of carboxylic acid groups (broad SMARTS) is 1. The van der Waals surface area contributed by atoms with E-state index < -0.39 is 23.1 Å². The predicted molar refractivity (Wildman–Crippen MR) is 79.2 cm³/mol. The maximum absolute atomic E-state index is 12.0. The summed E-state index contributed by atoms with van der Waals surface area (Å²) in [5.41, 5.74) is -1.52. The van der Waals surface area contributed by atoms with Gasteiger partial charge in [-0.15, -0.1) is 0 Å². The Bertz CT molecular complexity index is 892. The van der Waals surface area contributed by atoms with E-state index in [2.05, 4.69) is 4.99 Å². The number of para-hydroxylation sites is 1. The molecule has 0 radical (unpaired) electrons. The first-order valence-electron chi connectivity index (χ1n) is 6.20. The molecule has 0 bridgehead atoms. The molecule has 8 heteroatoms. The number of carbonyl (C=O) groups is 1. The molecule has 0 unspecified atom stereocenters. The van der Waals surface area contributed by atoms with E-state index in [1.807, 2.05) is 0 Å². The lowest BCUT2D eigenvalue weighted by Gasteiger charge is -2.07. The van der Waals surface area contributed by atoms with Crippen molar-refractivity contribution >= 4 is 17.9 Å². The van der Waals surface area contributed by atoms with Crippen LogP contribution < -0.4 is 11.2 Å². The Balaban J connectivity index is 2.60. The molecule has 1 aromatic heterocycles. The summed E-state index contributed by atoms with van der Waals surface area (Å²) in [5, 5.41) is 18.9. The Morgan fingerprint density at radius 3 is 2.45 bits per heavy atom. The predicted octanol–water partition coefficient (Wildman–Crippen LogP) is 0.238. The molecule has 2 rings (SSSR count). The minimum atomic E-state index is -1.16. The molecule has 114 valence electrons. The van der Waals surface area contributed by atoms with Gasteiger partial charge in [0, 0.05) is 20.3 Å². The lowest BCUT2D eigenvalue weighted by Crippen LogP contribution is -2.38. The van der Waals surface area contributed by atoms with Gasteiger partial charge < -0.3 is 10.2 Å². The van der Waals surface area contributed by atoms with E-state index in [9.17, 15) is 19.5 Å². The summed E-state index contributed by atoms with van der Waals surface area (Å²) in [6.45, 7) is 0. The van der Waals surface area contributed by atoms with E-state index in [-0.39, 0.29) is 16.8 Å². The normalized spacial score (nSPS) is 11.0. The molecule has 2 N–H and O–H groups in total. The Hall–Kier alpha value is -3.16. The highest BCUT2D eigenvalue weighted by molar-refractivity contribution is 5.95. The fraction of sp³-hybridized carbons (Fsp3) is 0.143. The minimum absolute atomic E-state index is 0.0418. The van der Waals surface area contributed by atoms with Crippen molar-refractivity contribution in [2.45, 2.75) is 0 Å². The molecule has 0 amide bonds. The van der Waals surface area contributed by atoms with Crippen LogP contribution in [0.1, 0.15) is 15.9 Å². The second kappa shape index (κ2) is 5.68. The molecule has 0 saturated heterocycles. The lowest BCUT2D eigenvalue weighted by atomic mass is 10.2. The summed E-state index contributed by atoms with van der Waals surface area (Å²) in [6.07, 6.45) is 1.04. The van der Waals surface area contributed by atoms with Crippen LogP contribution in [0.25, 0.3) is 0 Å². The van der Waals surface area contributed by atoms with Crippen LogP contribution in [-0.4, -0.2) is 31.5 Å². The van der Waals surface area contributed by atoms with Crippen LogP contribution in [0.15, 0.2) is 38.8 Å². The van der Waals surface area contributed by atoms with E-state index in [0.29, 0.717) is 0 Å². The summed E-state index contributed by atoms with van der Waals surface area (Å²) in [6, 6.07) is 5.97. The first-order valence-corrected chi connectivity index (χ1v) is 6.20. The van der Waals surface area contributed by atoms with Crippen molar-refractivity contribution in [1.82, 2.24) is 9.13 Å². The number of rotatable bonds is 3. The van der Waals surface area contributed by atoms with Crippen LogP contribution in [-0.2, 0) is 14.1 Å². The average Bonchev–Trinajstić information content (AvgIpc) is 2.51. The van der Waals surface area contributed by atoms with Gasteiger partial charge in [0.15, 0.2) is 0 Å². The molecule has 8 nitrogen and oxygen atoms in total. The van der Waals surface area contributed by atoms with Crippen LogP contribution in [0.5, 0.6) is 5.88 Å². The van der Waals surface area contributed by atoms with Gasteiger partial charge in [0.05, 0.1) is 11.3 Å². The fourth-order valence-corrected chi connectivity index (χ4v) is 1.87. The zero-order chi connectivity index (χ0) is 16.4. The summed E-state index contributed by atoms with van der Waals surface area (Å²) in [4.78, 5) is 38.6. The Morgan fingerprint density at radius 1 is 1.18 bits per heavy atom. The van der Waals surface area contributed by atoms with E-state index in [1.165, 1.54) is 26.2 Å². The van der Waals surface area contributed by atoms with Crippen molar-refractivity contribution in [2.24, 2.45) is 19.1 Å². The number of carboxylic acids is 1. The number of aromatic carboxylic acids is 1. The molecule has 2 aromatic rings. The smallest absolute Gasteiger partial charge is 0.337 e. The van der Waals surface area contributed by atoms with Gasteiger partial charge in [0.25, 0.3) is 5.56 Å². The number of benzene rings is 1. The first kappa shape index (κ1) is 15.2. The molecule has 1 aromatic carbocycles. The maximum Gasteiger partial charge on any atom is 0.337 e. The second-order valence-electron chi connectivity index (χ2n) is 4.52. The van der Waals surface area contributed by atoms with E-state index >= 15 is 0 Å².